The van der Waals surface area contributed by atoms with Crippen molar-refractivity contribution in [2.24, 2.45) is 5.92 Å². The summed E-state index contributed by atoms with van der Waals surface area (Å²) >= 11 is 2.91. The lowest BCUT2D eigenvalue weighted by molar-refractivity contribution is -0.142. The Hall–Kier alpha value is -1.08. The van der Waals surface area contributed by atoms with E-state index in [1.54, 1.807) is 6.92 Å². The van der Waals surface area contributed by atoms with Gasteiger partial charge in [0.15, 0.2) is 4.34 Å². The molecule has 1 aliphatic carbocycles. The summed E-state index contributed by atoms with van der Waals surface area (Å²) in [6.45, 7) is 4.85. The van der Waals surface area contributed by atoms with E-state index in [4.69, 9.17) is 4.74 Å². The van der Waals surface area contributed by atoms with Gasteiger partial charge in [0.2, 0.25) is 5.91 Å². The molecule has 1 fully saturated rings. The van der Waals surface area contributed by atoms with Crippen LogP contribution in [-0.4, -0.2) is 35.3 Å². The van der Waals surface area contributed by atoms with E-state index < -0.39 is 0 Å². The fourth-order valence-electron chi connectivity index (χ4n) is 2.77. The fourth-order valence-corrected chi connectivity index (χ4v) is 4.77. The van der Waals surface area contributed by atoms with Crippen LogP contribution in [0.5, 0.6) is 0 Å². The molecule has 134 valence electrons. The first-order chi connectivity index (χ1) is 11.6. The number of amides is 1. The van der Waals surface area contributed by atoms with Crippen molar-refractivity contribution >= 4 is 35.0 Å². The standard InChI is InChI=1S/C17H26N2O3S2/c1-3-22-15(20)9-14-11-23-17(19-14)24-12(2)16(21)18-10-13-7-5-4-6-8-13/h11-13H,3-10H2,1-2H3,(H,18,21)/t12-/m1/s1. The molecule has 5 nitrogen and oxygen atoms in total. The predicted molar refractivity (Wildman–Crippen MR) is 97.4 cm³/mol. The third kappa shape index (κ3) is 6.43. The average Bonchev–Trinajstić information content (AvgIpc) is 3.00. The van der Waals surface area contributed by atoms with Crippen molar-refractivity contribution in [3.05, 3.63) is 11.1 Å². The molecule has 1 aromatic rings. The minimum absolute atomic E-state index is 0.0627. The van der Waals surface area contributed by atoms with Crippen molar-refractivity contribution in [3.8, 4) is 0 Å². The van der Waals surface area contributed by atoms with Gasteiger partial charge in [0.25, 0.3) is 0 Å². The zero-order valence-electron chi connectivity index (χ0n) is 14.4. The van der Waals surface area contributed by atoms with Crippen molar-refractivity contribution in [2.45, 2.75) is 62.0 Å². The van der Waals surface area contributed by atoms with E-state index in [0.29, 0.717) is 18.2 Å². The van der Waals surface area contributed by atoms with Crippen molar-refractivity contribution < 1.29 is 14.3 Å². The van der Waals surface area contributed by atoms with Crippen LogP contribution in [0.25, 0.3) is 0 Å². The van der Waals surface area contributed by atoms with Gasteiger partial charge in [0.1, 0.15) is 0 Å². The molecule has 0 radical (unpaired) electrons. The second-order valence-electron chi connectivity index (χ2n) is 6.10. The number of thiazole rings is 1. The molecule has 0 aromatic carbocycles. The molecule has 0 aliphatic heterocycles. The molecule has 0 spiro atoms. The van der Waals surface area contributed by atoms with Gasteiger partial charge in [-0.05, 0) is 32.6 Å². The Morgan fingerprint density at radius 2 is 2.17 bits per heavy atom. The Balaban J connectivity index is 1.74. The van der Waals surface area contributed by atoms with Crippen molar-refractivity contribution in [3.63, 3.8) is 0 Å². The summed E-state index contributed by atoms with van der Waals surface area (Å²) in [5.41, 5.74) is 0.704. The molecular weight excluding hydrogens is 344 g/mol. The molecule has 1 N–H and O–H groups in total. The van der Waals surface area contributed by atoms with Crippen LogP contribution < -0.4 is 5.32 Å². The largest absolute Gasteiger partial charge is 0.466 e. The molecule has 1 amide bonds. The Morgan fingerprint density at radius 1 is 1.42 bits per heavy atom. The summed E-state index contributed by atoms with van der Waals surface area (Å²) < 4.78 is 5.73. The van der Waals surface area contributed by atoms with E-state index in [9.17, 15) is 9.59 Å². The quantitative estimate of drug-likeness (QED) is 0.561. The first-order valence-electron chi connectivity index (χ1n) is 8.63. The lowest BCUT2D eigenvalue weighted by atomic mass is 9.89. The molecule has 1 aromatic heterocycles. The Labute approximate surface area is 152 Å². The molecule has 1 aliphatic rings. The van der Waals surface area contributed by atoms with Crippen LogP contribution in [0, 0.1) is 5.92 Å². The number of nitrogens with zero attached hydrogens (tertiary/aromatic N) is 1. The van der Waals surface area contributed by atoms with Crippen LogP contribution in [0.2, 0.25) is 0 Å². The number of rotatable bonds is 8. The van der Waals surface area contributed by atoms with Gasteiger partial charge in [0.05, 0.1) is 24.0 Å². The van der Waals surface area contributed by atoms with Crippen molar-refractivity contribution in [2.75, 3.05) is 13.2 Å². The normalized spacial score (nSPS) is 16.6. The van der Waals surface area contributed by atoms with Gasteiger partial charge in [-0.2, -0.15) is 0 Å². The van der Waals surface area contributed by atoms with Gasteiger partial charge in [-0.15, -0.1) is 11.3 Å². The van der Waals surface area contributed by atoms with Crippen molar-refractivity contribution in [1.82, 2.24) is 10.3 Å². The number of hydrogen-bond acceptors (Lipinski definition) is 6. The predicted octanol–water partition coefficient (Wildman–Crippen LogP) is 3.43. The molecule has 1 heterocycles. The second-order valence-corrected chi connectivity index (χ2v) is 8.54. The van der Waals surface area contributed by atoms with Crippen LogP contribution in [-0.2, 0) is 20.7 Å². The molecule has 1 saturated carbocycles. The Morgan fingerprint density at radius 3 is 2.88 bits per heavy atom. The summed E-state index contributed by atoms with van der Waals surface area (Å²) in [6, 6.07) is 0. The van der Waals surface area contributed by atoms with Crippen LogP contribution in [0.4, 0.5) is 0 Å². The molecule has 0 bridgehead atoms. The first-order valence-corrected chi connectivity index (χ1v) is 10.4. The summed E-state index contributed by atoms with van der Waals surface area (Å²) in [5.74, 6) is 0.432. The molecule has 7 heteroatoms. The van der Waals surface area contributed by atoms with Crippen molar-refractivity contribution in [1.29, 1.82) is 0 Å². The number of ether oxygens (including phenoxy) is 1. The van der Waals surface area contributed by atoms with Crippen LogP contribution >= 0.6 is 23.1 Å². The molecule has 0 unspecified atom stereocenters. The monoisotopic (exact) mass is 370 g/mol. The molecule has 2 rings (SSSR count). The van der Waals surface area contributed by atoms with Gasteiger partial charge in [-0.25, -0.2) is 4.98 Å². The number of carbonyl (C=O) groups excluding carboxylic acids is 2. The summed E-state index contributed by atoms with van der Waals surface area (Å²) in [4.78, 5) is 28.1. The molecular formula is C17H26N2O3S2. The maximum absolute atomic E-state index is 12.2. The highest BCUT2D eigenvalue weighted by molar-refractivity contribution is 8.02. The lowest BCUT2D eigenvalue weighted by Crippen LogP contribution is -2.35. The average molecular weight is 371 g/mol. The van der Waals surface area contributed by atoms with Gasteiger partial charge in [-0.1, -0.05) is 31.0 Å². The number of thioether (sulfide) groups is 1. The van der Waals surface area contributed by atoms with E-state index in [0.717, 1.165) is 10.9 Å². The fraction of sp³-hybridized carbons (Fsp3) is 0.706. The third-order valence-corrected chi connectivity index (χ3v) is 6.22. The number of carbonyl (C=O) groups is 2. The van der Waals surface area contributed by atoms with Gasteiger partial charge in [-0.3, -0.25) is 9.59 Å². The van der Waals surface area contributed by atoms with Crippen LogP contribution in [0.1, 0.15) is 51.6 Å². The van der Waals surface area contributed by atoms with Gasteiger partial charge >= 0.3 is 5.97 Å². The first kappa shape index (κ1) is 19.2. The zero-order chi connectivity index (χ0) is 17.4. The highest BCUT2D eigenvalue weighted by Crippen LogP contribution is 2.27. The SMILES string of the molecule is CCOC(=O)Cc1csc(S[C@H](C)C(=O)NCC2CCCCC2)n1. The highest BCUT2D eigenvalue weighted by atomic mass is 32.2. The molecule has 1 atom stereocenters. The van der Waals surface area contributed by atoms with E-state index in [1.807, 2.05) is 12.3 Å². The van der Waals surface area contributed by atoms with E-state index in [-0.39, 0.29) is 23.5 Å². The smallest absolute Gasteiger partial charge is 0.311 e. The van der Waals surface area contributed by atoms with Crippen LogP contribution in [0.15, 0.2) is 9.72 Å². The Kier molecular flexibility index (Phi) is 8.05. The molecule has 0 saturated heterocycles. The van der Waals surface area contributed by atoms with Crippen LogP contribution in [0.3, 0.4) is 0 Å². The highest BCUT2D eigenvalue weighted by Gasteiger charge is 2.19. The maximum Gasteiger partial charge on any atom is 0.311 e. The third-order valence-electron chi connectivity index (χ3n) is 4.10. The zero-order valence-corrected chi connectivity index (χ0v) is 16.0. The minimum Gasteiger partial charge on any atom is -0.466 e. The van der Waals surface area contributed by atoms with E-state index in [1.165, 1.54) is 55.2 Å². The molecule has 24 heavy (non-hydrogen) atoms. The van der Waals surface area contributed by atoms with E-state index in [2.05, 4.69) is 10.3 Å². The Bertz CT molecular complexity index is 542. The topological polar surface area (TPSA) is 68.3 Å². The van der Waals surface area contributed by atoms with Gasteiger partial charge in [0, 0.05) is 11.9 Å². The summed E-state index contributed by atoms with van der Waals surface area (Å²) in [5, 5.41) is 4.74. The number of hydrogen-bond donors (Lipinski definition) is 1. The van der Waals surface area contributed by atoms with Gasteiger partial charge < -0.3 is 10.1 Å². The van der Waals surface area contributed by atoms with E-state index >= 15 is 0 Å². The minimum atomic E-state index is -0.266. The summed E-state index contributed by atoms with van der Waals surface area (Å²) in [7, 11) is 0. The number of nitrogens with one attached hydrogen (secondary N) is 1. The lowest BCUT2D eigenvalue weighted by Gasteiger charge is -2.22. The number of esters is 1. The maximum atomic E-state index is 12.2. The number of aromatic nitrogens is 1. The second kappa shape index (κ2) is 10.0. The summed E-state index contributed by atoms with van der Waals surface area (Å²) in [6.07, 6.45) is 6.54.